The number of nitrogens with one attached hydrogen (secondary N) is 2. The van der Waals surface area contributed by atoms with Crippen molar-refractivity contribution >= 4 is 11.9 Å². The average Bonchev–Trinajstić information content (AvgIpc) is 2.71. The van der Waals surface area contributed by atoms with Gasteiger partial charge in [-0.15, -0.1) is 0 Å². The maximum atomic E-state index is 13.0. The molecule has 28 heavy (non-hydrogen) atoms. The third kappa shape index (κ3) is 6.57. The van der Waals surface area contributed by atoms with Crippen LogP contribution in [0, 0.1) is 5.82 Å². The van der Waals surface area contributed by atoms with Gasteiger partial charge in [-0.3, -0.25) is 9.79 Å². The van der Waals surface area contributed by atoms with Crippen molar-refractivity contribution in [1.82, 2.24) is 15.5 Å². The number of nitrogens with zero attached hydrogens (tertiary/aromatic N) is 2. The fraction of sp³-hybridized carbons (Fsp3) is 0.333. The summed E-state index contributed by atoms with van der Waals surface area (Å²) in [5, 5.41) is 6.08. The van der Waals surface area contributed by atoms with Crippen LogP contribution in [0.4, 0.5) is 4.39 Å². The SMILES string of the molecule is CCNC(=NCCNC(=O)c1ccc(OC)cc1)N(C)Cc1ccc(F)cc1. The molecule has 0 atom stereocenters. The number of hydrogen-bond acceptors (Lipinski definition) is 3. The molecule has 0 fully saturated rings. The monoisotopic (exact) mass is 386 g/mol. The molecule has 1 amide bonds. The number of hydrogen-bond donors (Lipinski definition) is 2. The minimum atomic E-state index is -0.250. The van der Waals surface area contributed by atoms with Crippen molar-refractivity contribution in [2.45, 2.75) is 13.5 Å². The Morgan fingerprint density at radius 2 is 1.79 bits per heavy atom. The Labute approximate surface area is 165 Å². The normalized spacial score (nSPS) is 11.1. The summed E-state index contributed by atoms with van der Waals surface area (Å²) < 4.78 is 18.1. The summed E-state index contributed by atoms with van der Waals surface area (Å²) in [6.07, 6.45) is 0. The Morgan fingerprint density at radius 1 is 1.11 bits per heavy atom. The minimum Gasteiger partial charge on any atom is -0.497 e. The lowest BCUT2D eigenvalue weighted by Crippen LogP contribution is -2.39. The third-order valence-corrected chi connectivity index (χ3v) is 4.04. The van der Waals surface area contributed by atoms with Gasteiger partial charge in [0.25, 0.3) is 5.91 Å². The van der Waals surface area contributed by atoms with Crippen LogP contribution >= 0.6 is 0 Å². The first-order chi connectivity index (χ1) is 13.5. The van der Waals surface area contributed by atoms with Gasteiger partial charge in [-0.2, -0.15) is 0 Å². The number of amides is 1. The predicted molar refractivity (Wildman–Crippen MR) is 109 cm³/mol. The van der Waals surface area contributed by atoms with Crippen LogP contribution in [0.25, 0.3) is 0 Å². The Balaban J connectivity index is 1.86. The van der Waals surface area contributed by atoms with E-state index in [2.05, 4.69) is 15.6 Å². The van der Waals surface area contributed by atoms with E-state index >= 15 is 0 Å². The van der Waals surface area contributed by atoms with Gasteiger partial charge in [0.1, 0.15) is 11.6 Å². The highest BCUT2D eigenvalue weighted by Crippen LogP contribution is 2.11. The molecule has 6 nitrogen and oxygen atoms in total. The number of rotatable bonds is 8. The van der Waals surface area contributed by atoms with E-state index in [-0.39, 0.29) is 11.7 Å². The summed E-state index contributed by atoms with van der Waals surface area (Å²) in [5.74, 6) is 1.04. The van der Waals surface area contributed by atoms with Crippen LogP contribution in [0.1, 0.15) is 22.8 Å². The zero-order chi connectivity index (χ0) is 20.4. The summed E-state index contributed by atoms with van der Waals surface area (Å²) >= 11 is 0. The number of halogens is 1. The van der Waals surface area contributed by atoms with Crippen molar-refractivity contribution in [2.75, 3.05) is 33.8 Å². The number of aliphatic imine (C=N–C) groups is 1. The van der Waals surface area contributed by atoms with Crippen molar-refractivity contribution in [3.05, 3.63) is 65.5 Å². The lowest BCUT2D eigenvalue weighted by Gasteiger charge is -2.22. The average molecular weight is 386 g/mol. The molecule has 0 saturated heterocycles. The lowest BCUT2D eigenvalue weighted by molar-refractivity contribution is 0.0954. The zero-order valence-electron chi connectivity index (χ0n) is 16.5. The van der Waals surface area contributed by atoms with Crippen LogP contribution in [-0.2, 0) is 6.54 Å². The molecule has 2 rings (SSSR count). The van der Waals surface area contributed by atoms with Gasteiger partial charge in [-0.1, -0.05) is 12.1 Å². The standard InChI is InChI=1S/C21H27FN4O2/c1-4-23-21(26(2)15-16-5-9-18(22)10-6-16)25-14-13-24-20(27)17-7-11-19(28-3)12-8-17/h5-12H,4,13-15H2,1-3H3,(H,23,25)(H,24,27). The van der Waals surface area contributed by atoms with Gasteiger partial charge in [-0.05, 0) is 48.9 Å². The molecule has 2 aromatic carbocycles. The van der Waals surface area contributed by atoms with Gasteiger partial charge in [-0.25, -0.2) is 4.39 Å². The first-order valence-corrected chi connectivity index (χ1v) is 9.19. The second kappa shape index (κ2) is 10.9. The maximum Gasteiger partial charge on any atom is 0.251 e. The van der Waals surface area contributed by atoms with Crippen LogP contribution < -0.4 is 15.4 Å². The summed E-state index contributed by atoms with van der Waals surface area (Å²) in [5.41, 5.74) is 1.56. The Hall–Kier alpha value is -3.09. The zero-order valence-corrected chi connectivity index (χ0v) is 16.5. The Bertz CT molecular complexity index is 776. The molecular formula is C21H27FN4O2. The smallest absolute Gasteiger partial charge is 0.251 e. The van der Waals surface area contributed by atoms with Gasteiger partial charge in [0.15, 0.2) is 5.96 Å². The van der Waals surface area contributed by atoms with Gasteiger partial charge in [0, 0.05) is 32.2 Å². The van der Waals surface area contributed by atoms with Crippen LogP contribution in [0.5, 0.6) is 5.75 Å². The molecule has 0 radical (unpaired) electrons. The van der Waals surface area contributed by atoms with Gasteiger partial charge in [0.2, 0.25) is 0 Å². The molecule has 0 aliphatic heterocycles. The second-order valence-corrected chi connectivity index (χ2v) is 6.20. The molecule has 0 aliphatic carbocycles. The molecule has 0 aromatic heterocycles. The molecule has 0 heterocycles. The van der Waals surface area contributed by atoms with E-state index in [0.717, 1.165) is 18.1 Å². The molecule has 0 unspecified atom stereocenters. The molecule has 0 bridgehead atoms. The minimum absolute atomic E-state index is 0.150. The Morgan fingerprint density at radius 3 is 2.39 bits per heavy atom. The fourth-order valence-corrected chi connectivity index (χ4v) is 2.58. The van der Waals surface area contributed by atoms with Crippen LogP contribution in [-0.4, -0.2) is 50.6 Å². The molecule has 0 spiro atoms. The lowest BCUT2D eigenvalue weighted by atomic mass is 10.2. The largest absolute Gasteiger partial charge is 0.497 e. The molecule has 2 aromatic rings. The highest BCUT2D eigenvalue weighted by molar-refractivity contribution is 5.94. The van der Waals surface area contributed by atoms with Crippen LogP contribution in [0.15, 0.2) is 53.5 Å². The first-order valence-electron chi connectivity index (χ1n) is 9.19. The van der Waals surface area contributed by atoms with Crippen molar-refractivity contribution in [3.8, 4) is 5.75 Å². The molecule has 2 N–H and O–H groups in total. The maximum absolute atomic E-state index is 13.0. The Kier molecular flexibility index (Phi) is 8.27. The van der Waals surface area contributed by atoms with Gasteiger partial charge >= 0.3 is 0 Å². The van der Waals surface area contributed by atoms with Crippen LogP contribution in [0.3, 0.4) is 0 Å². The van der Waals surface area contributed by atoms with Gasteiger partial charge in [0.05, 0.1) is 13.7 Å². The number of carbonyl (C=O) groups is 1. The van der Waals surface area contributed by atoms with E-state index in [0.29, 0.717) is 30.9 Å². The van der Waals surface area contributed by atoms with Crippen molar-refractivity contribution < 1.29 is 13.9 Å². The van der Waals surface area contributed by atoms with Gasteiger partial charge < -0.3 is 20.3 Å². The number of carbonyl (C=O) groups excluding carboxylic acids is 1. The van der Waals surface area contributed by atoms with Crippen molar-refractivity contribution in [1.29, 1.82) is 0 Å². The molecule has 7 heteroatoms. The topological polar surface area (TPSA) is 66.0 Å². The number of guanidine groups is 1. The summed E-state index contributed by atoms with van der Waals surface area (Å²) in [6, 6.07) is 13.3. The van der Waals surface area contributed by atoms with E-state index in [4.69, 9.17) is 4.74 Å². The van der Waals surface area contributed by atoms with E-state index in [1.807, 2.05) is 18.9 Å². The second-order valence-electron chi connectivity index (χ2n) is 6.20. The highest BCUT2D eigenvalue weighted by atomic mass is 19.1. The summed E-state index contributed by atoms with van der Waals surface area (Å²) in [4.78, 5) is 18.7. The number of benzene rings is 2. The number of ether oxygens (including phenoxy) is 1. The molecular weight excluding hydrogens is 359 g/mol. The quantitative estimate of drug-likeness (QED) is 0.416. The highest BCUT2D eigenvalue weighted by Gasteiger charge is 2.08. The third-order valence-electron chi connectivity index (χ3n) is 4.04. The van der Waals surface area contributed by atoms with E-state index in [1.165, 1.54) is 12.1 Å². The molecule has 0 saturated carbocycles. The van der Waals surface area contributed by atoms with Crippen molar-refractivity contribution in [2.24, 2.45) is 4.99 Å². The predicted octanol–water partition coefficient (Wildman–Crippen LogP) is 2.66. The van der Waals surface area contributed by atoms with E-state index in [9.17, 15) is 9.18 Å². The first kappa shape index (κ1) is 21.2. The summed E-state index contributed by atoms with van der Waals surface area (Å²) in [7, 11) is 3.50. The number of methoxy groups -OCH3 is 1. The molecule has 0 aliphatic rings. The van der Waals surface area contributed by atoms with E-state index < -0.39 is 0 Å². The van der Waals surface area contributed by atoms with E-state index in [1.54, 1.807) is 43.5 Å². The van der Waals surface area contributed by atoms with Crippen LogP contribution in [0.2, 0.25) is 0 Å². The van der Waals surface area contributed by atoms with Crippen molar-refractivity contribution in [3.63, 3.8) is 0 Å². The molecule has 150 valence electrons. The fourth-order valence-electron chi connectivity index (χ4n) is 2.58. The summed E-state index contributed by atoms with van der Waals surface area (Å²) in [6.45, 7) is 4.18.